The number of methoxy groups -OCH3 is 1. The molecule has 0 saturated carbocycles. The average Bonchev–Trinajstić information content (AvgIpc) is 2.72. The minimum Gasteiger partial charge on any atom is -0.385 e. The highest BCUT2D eigenvalue weighted by Gasteiger charge is 2.08. The number of carbonyl (C=O) groups is 2. The highest BCUT2D eigenvalue weighted by Crippen LogP contribution is 2.02. The maximum atomic E-state index is 11.6. The van der Waals surface area contributed by atoms with Crippen molar-refractivity contribution in [3.05, 3.63) is 24.0 Å². The van der Waals surface area contributed by atoms with Crippen molar-refractivity contribution in [3.63, 3.8) is 0 Å². The van der Waals surface area contributed by atoms with Crippen LogP contribution in [0.1, 0.15) is 23.8 Å². The fourth-order valence-corrected chi connectivity index (χ4v) is 1.53. The Balaban J connectivity index is 2.40. The number of nitrogens with one attached hydrogen (secondary N) is 1. The van der Waals surface area contributed by atoms with Crippen LogP contribution >= 0.6 is 0 Å². The Bertz CT molecular complexity index is 385. The van der Waals surface area contributed by atoms with Gasteiger partial charge in [-0.05, 0) is 18.6 Å². The molecule has 1 aromatic rings. The molecule has 0 aliphatic rings. The summed E-state index contributed by atoms with van der Waals surface area (Å²) in [5.74, 6) is -0.137. The summed E-state index contributed by atoms with van der Waals surface area (Å²) in [6.07, 6.45) is 2.51. The lowest BCUT2D eigenvalue weighted by Crippen LogP contribution is -2.29. The molecule has 5 heteroatoms. The summed E-state index contributed by atoms with van der Waals surface area (Å²) in [6.45, 7) is 2.88. The number of carbonyl (C=O) groups excluding carboxylic acids is 2. The molecule has 1 N–H and O–H groups in total. The highest BCUT2D eigenvalue weighted by molar-refractivity contribution is 5.93. The van der Waals surface area contributed by atoms with Crippen molar-refractivity contribution in [1.82, 2.24) is 9.88 Å². The summed E-state index contributed by atoms with van der Waals surface area (Å²) in [7, 11) is 1.63. The number of ether oxygens (including phenoxy) is 1. The second-order valence-corrected chi connectivity index (χ2v) is 3.77. The standard InChI is InChI=1S/C12H18N2O3/c1-10(15)11-5-3-7-14(11)9-12(16)13-6-4-8-17-2/h3,5,7H,4,6,8-9H2,1-2H3,(H,13,16). The van der Waals surface area contributed by atoms with Gasteiger partial charge < -0.3 is 14.6 Å². The van der Waals surface area contributed by atoms with Gasteiger partial charge in [0.1, 0.15) is 6.54 Å². The van der Waals surface area contributed by atoms with E-state index in [-0.39, 0.29) is 18.2 Å². The van der Waals surface area contributed by atoms with Crippen molar-refractivity contribution in [2.24, 2.45) is 0 Å². The predicted molar refractivity (Wildman–Crippen MR) is 63.9 cm³/mol. The lowest BCUT2D eigenvalue weighted by molar-refractivity contribution is -0.121. The zero-order valence-electron chi connectivity index (χ0n) is 10.2. The van der Waals surface area contributed by atoms with Gasteiger partial charge >= 0.3 is 0 Å². The van der Waals surface area contributed by atoms with Crippen LogP contribution in [0.15, 0.2) is 18.3 Å². The number of hydrogen-bond acceptors (Lipinski definition) is 3. The molecule has 0 atom stereocenters. The van der Waals surface area contributed by atoms with E-state index in [1.54, 1.807) is 30.0 Å². The number of Topliss-reactive ketones (excluding diaryl/α,β-unsaturated/α-hetero) is 1. The second kappa shape index (κ2) is 6.85. The summed E-state index contributed by atoms with van der Waals surface area (Å²) in [5, 5.41) is 2.77. The Hall–Kier alpha value is -1.62. The van der Waals surface area contributed by atoms with Gasteiger partial charge in [-0.15, -0.1) is 0 Å². The lowest BCUT2D eigenvalue weighted by atomic mass is 10.3. The van der Waals surface area contributed by atoms with Crippen molar-refractivity contribution in [2.75, 3.05) is 20.3 Å². The van der Waals surface area contributed by atoms with E-state index in [4.69, 9.17) is 4.74 Å². The third kappa shape index (κ3) is 4.40. The van der Waals surface area contributed by atoms with Crippen LogP contribution in [-0.4, -0.2) is 36.5 Å². The molecule has 5 nitrogen and oxygen atoms in total. The molecule has 0 spiro atoms. The summed E-state index contributed by atoms with van der Waals surface area (Å²) >= 11 is 0. The quantitative estimate of drug-likeness (QED) is 0.565. The van der Waals surface area contributed by atoms with E-state index in [0.717, 1.165) is 6.42 Å². The SMILES string of the molecule is COCCCNC(=O)Cn1cccc1C(C)=O. The smallest absolute Gasteiger partial charge is 0.239 e. The van der Waals surface area contributed by atoms with E-state index in [0.29, 0.717) is 18.8 Å². The topological polar surface area (TPSA) is 60.3 Å². The molecule has 0 aliphatic heterocycles. The first-order chi connectivity index (χ1) is 8.15. The first-order valence-corrected chi connectivity index (χ1v) is 5.57. The van der Waals surface area contributed by atoms with Gasteiger partial charge in [-0.25, -0.2) is 0 Å². The van der Waals surface area contributed by atoms with Gasteiger partial charge in [-0.3, -0.25) is 9.59 Å². The van der Waals surface area contributed by atoms with Crippen LogP contribution in [0.3, 0.4) is 0 Å². The molecule has 0 saturated heterocycles. The summed E-state index contributed by atoms with van der Waals surface area (Å²) in [5.41, 5.74) is 0.553. The Morgan fingerprint density at radius 2 is 2.24 bits per heavy atom. The van der Waals surface area contributed by atoms with Gasteiger partial charge in [0.2, 0.25) is 5.91 Å². The van der Waals surface area contributed by atoms with Crippen molar-refractivity contribution >= 4 is 11.7 Å². The van der Waals surface area contributed by atoms with E-state index >= 15 is 0 Å². The molecular formula is C12H18N2O3. The van der Waals surface area contributed by atoms with E-state index in [1.807, 2.05) is 0 Å². The first kappa shape index (κ1) is 13.4. The monoisotopic (exact) mass is 238 g/mol. The van der Waals surface area contributed by atoms with Crippen molar-refractivity contribution < 1.29 is 14.3 Å². The summed E-state index contributed by atoms with van der Waals surface area (Å²) in [4.78, 5) is 22.8. The molecule has 0 unspecified atom stereocenters. The van der Waals surface area contributed by atoms with Crippen LogP contribution in [0.25, 0.3) is 0 Å². The van der Waals surface area contributed by atoms with E-state index in [2.05, 4.69) is 5.32 Å². The fourth-order valence-electron chi connectivity index (χ4n) is 1.53. The van der Waals surface area contributed by atoms with Crippen molar-refractivity contribution in [2.45, 2.75) is 19.9 Å². The molecule has 17 heavy (non-hydrogen) atoms. The number of rotatable bonds is 7. The number of nitrogens with zero attached hydrogens (tertiary/aromatic N) is 1. The molecule has 0 fully saturated rings. The van der Waals surface area contributed by atoms with Gasteiger partial charge in [0.25, 0.3) is 0 Å². The molecule has 0 radical (unpaired) electrons. The van der Waals surface area contributed by atoms with E-state index in [9.17, 15) is 9.59 Å². The van der Waals surface area contributed by atoms with Gasteiger partial charge in [-0.2, -0.15) is 0 Å². The molecule has 0 aromatic carbocycles. The molecule has 94 valence electrons. The Morgan fingerprint density at radius 1 is 1.47 bits per heavy atom. The van der Waals surface area contributed by atoms with Crippen molar-refractivity contribution in [1.29, 1.82) is 0 Å². The maximum Gasteiger partial charge on any atom is 0.239 e. The van der Waals surface area contributed by atoms with Gasteiger partial charge in [0, 0.05) is 33.4 Å². The van der Waals surface area contributed by atoms with Crippen LogP contribution in [0.2, 0.25) is 0 Å². The Kier molecular flexibility index (Phi) is 5.42. The van der Waals surface area contributed by atoms with Gasteiger partial charge in [-0.1, -0.05) is 0 Å². The van der Waals surface area contributed by atoms with Crippen molar-refractivity contribution in [3.8, 4) is 0 Å². The zero-order chi connectivity index (χ0) is 12.7. The molecule has 1 amide bonds. The van der Waals surface area contributed by atoms with Crippen LogP contribution < -0.4 is 5.32 Å². The largest absolute Gasteiger partial charge is 0.385 e. The third-order valence-electron chi connectivity index (χ3n) is 2.35. The molecule has 0 aliphatic carbocycles. The van der Waals surface area contributed by atoms with Crippen LogP contribution in [0, 0.1) is 0 Å². The minimum atomic E-state index is -0.0974. The van der Waals surface area contributed by atoms with E-state index < -0.39 is 0 Å². The number of hydrogen-bond donors (Lipinski definition) is 1. The summed E-state index contributed by atoms with van der Waals surface area (Å²) < 4.78 is 6.53. The minimum absolute atomic E-state index is 0.0396. The van der Waals surface area contributed by atoms with Crippen LogP contribution in [0.5, 0.6) is 0 Å². The maximum absolute atomic E-state index is 11.6. The fraction of sp³-hybridized carbons (Fsp3) is 0.500. The molecule has 1 aromatic heterocycles. The number of aromatic nitrogens is 1. The van der Waals surface area contributed by atoms with E-state index in [1.165, 1.54) is 6.92 Å². The average molecular weight is 238 g/mol. The first-order valence-electron chi connectivity index (χ1n) is 5.57. The normalized spacial score (nSPS) is 10.2. The van der Waals surface area contributed by atoms with Gasteiger partial charge in [0.05, 0.1) is 5.69 Å². The van der Waals surface area contributed by atoms with Crippen LogP contribution in [0.4, 0.5) is 0 Å². The lowest BCUT2D eigenvalue weighted by Gasteiger charge is -2.08. The third-order valence-corrected chi connectivity index (χ3v) is 2.35. The molecular weight excluding hydrogens is 220 g/mol. The van der Waals surface area contributed by atoms with Crippen LogP contribution in [-0.2, 0) is 16.1 Å². The predicted octanol–water partition coefficient (Wildman–Crippen LogP) is 0.843. The number of amides is 1. The number of ketones is 1. The van der Waals surface area contributed by atoms with Gasteiger partial charge in [0.15, 0.2) is 5.78 Å². The molecule has 0 bridgehead atoms. The Morgan fingerprint density at radius 3 is 2.88 bits per heavy atom. The molecule has 1 heterocycles. The molecule has 1 rings (SSSR count). The highest BCUT2D eigenvalue weighted by atomic mass is 16.5. The zero-order valence-corrected chi connectivity index (χ0v) is 10.2. The second-order valence-electron chi connectivity index (χ2n) is 3.77. The summed E-state index contributed by atoms with van der Waals surface area (Å²) in [6, 6.07) is 3.47. The Labute approximate surface area is 101 Å².